The van der Waals surface area contributed by atoms with Crippen molar-refractivity contribution in [3.05, 3.63) is 28.8 Å². The third-order valence-electron chi connectivity index (χ3n) is 3.44. The molecule has 0 saturated carbocycles. The highest BCUT2D eigenvalue weighted by Gasteiger charge is 2.17. The van der Waals surface area contributed by atoms with Gasteiger partial charge in [0.15, 0.2) is 11.5 Å². The van der Waals surface area contributed by atoms with Gasteiger partial charge in [0.2, 0.25) is 12.7 Å². The molecule has 0 aromatic heterocycles. The van der Waals surface area contributed by atoms with Crippen LogP contribution in [0.25, 0.3) is 6.08 Å². The Morgan fingerprint density at radius 3 is 2.82 bits per heavy atom. The molecular formula is C17H22ClNO3. The summed E-state index contributed by atoms with van der Waals surface area (Å²) in [5, 5.41) is 3.44. The van der Waals surface area contributed by atoms with Crippen LogP contribution in [0.3, 0.4) is 0 Å². The van der Waals surface area contributed by atoms with E-state index in [2.05, 4.69) is 19.2 Å². The molecule has 0 aliphatic carbocycles. The van der Waals surface area contributed by atoms with Crippen molar-refractivity contribution in [2.24, 2.45) is 5.92 Å². The molecule has 22 heavy (non-hydrogen) atoms. The average molecular weight is 324 g/mol. The van der Waals surface area contributed by atoms with E-state index in [1.54, 1.807) is 18.2 Å². The lowest BCUT2D eigenvalue weighted by molar-refractivity contribution is -0.117. The van der Waals surface area contributed by atoms with Crippen LogP contribution in [-0.2, 0) is 4.79 Å². The Bertz CT molecular complexity index is 569. The Hall–Kier alpha value is -1.68. The lowest BCUT2D eigenvalue weighted by atomic mass is 10.0. The molecule has 1 aliphatic heterocycles. The molecule has 1 aromatic rings. The van der Waals surface area contributed by atoms with E-state index in [1.807, 2.05) is 6.92 Å². The van der Waals surface area contributed by atoms with Gasteiger partial charge < -0.3 is 14.8 Å². The fourth-order valence-corrected chi connectivity index (χ4v) is 2.48. The molecule has 1 aliphatic rings. The standard InChI is InChI=1S/C17H22ClNO3/c1-11(2)4-5-12(3)19-16(20)7-6-13-8-14(18)17-15(9-13)21-10-22-17/h6-9,11-12H,4-5,10H2,1-3H3,(H,19,20)/b7-6+/t12-/m1/s1. The lowest BCUT2D eigenvalue weighted by Crippen LogP contribution is -2.31. The van der Waals surface area contributed by atoms with Gasteiger partial charge in [-0.3, -0.25) is 4.79 Å². The largest absolute Gasteiger partial charge is 0.454 e. The van der Waals surface area contributed by atoms with Crippen LogP contribution in [0.1, 0.15) is 39.2 Å². The number of hydrogen-bond donors (Lipinski definition) is 1. The van der Waals surface area contributed by atoms with E-state index >= 15 is 0 Å². The summed E-state index contributed by atoms with van der Waals surface area (Å²) >= 11 is 6.11. The van der Waals surface area contributed by atoms with Gasteiger partial charge in [-0.2, -0.15) is 0 Å². The number of fused-ring (bicyclic) bond motifs is 1. The molecule has 0 radical (unpaired) electrons. The molecule has 1 amide bonds. The maximum atomic E-state index is 11.9. The van der Waals surface area contributed by atoms with Gasteiger partial charge >= 0.3 is 0 Å². The molecule has 1 N–H and O–H groups in total. The zero-order valence-electron chi connectivity index (χ0n) is 13.2. The number of halogens is 1. The average Bonchev–Trinajstić information content (AvgIpc) is 2.92. The van der Waals surface area contributed by atoms with Crippen molar-refractivity contribution in [3.8, 4) is 11.5 Å². The summed E-state index contributed by atoms with van der Waals surface area (Å²) < 4.78 is 10.6. The highest BCUT2D eigenvalue weighted by atomic mass is 35.5. The maximum Gasteiger partial charge on any atom is 0.244 e. The van der Waals surface area contributed by atoms with Crippen molar-refractivity contribution in [1.82, 2.24) is 5.32 Å². The number of hydrogen-bond acceptors (Lipinski definition) is 3. The minimum absolute atomic E-state index is 0.106. The predicted octanol–water partition coefficient (Wildman–Crippen LogP) is 4.02. The minimum Gasteiger partial charge on any atom is -0.454 e. The van der Waals surface area contributed by atoms with E-state index < -0.39 is 0 Å². The van der Waals surface area contributed by atoms with Gasteiger partial charge in [0.25, 0.3) is 0 Å². The van der Waals surface area contributed by atoms with Crippen LogP contribution in [0, 0.1) is 5.92 Å². The number of amides is 1. The fourth-order valence-electron chi connectivity index (χ4n) is 2.20. The van der Waals surface area contributed by atoms with Crippen molar-refractivity contribution in [1.29, 1.82) is 0 Å². The van der Waals surface area contributed by atoms with Gasteiger partial charge in [0.1, 0.15) is 0 Å². The number of carbonyl (C=O) groups excluding carboxylic acids is 1. The zero-order valence-corrected chi connectivity index (χ0v) is 13.9. The molecule has 1 aromatic carbocycles. The Kier molecular flexibility index (Phi) is 5.72. The number of rotatable bonds is 6. The number of carbonyl (C=O) groups is 1. The van der Waals surface area contributed by atoms with Gasteiger partial charge in [-0.1, -0.05) is 25.4 Å². The van der Waals surface area contributed by atoms with Gasteiger partial charge in [0.05, 0.1) is 5.02 Å². The van der Waals surface area contributed by atoms with Crippen LogP contribution >= 0.6 is 11.6 Å². The molecule has 0 unspecified atom stereocenters. The zero-order chi connectivity index (χ0) is 16.1. The molecule has 0 fully saturated rings. The summed E-state index contributed by atoms with van der Waals surface area (Å²) in [4.78, 5) is 11.9. The van der Waals surface area contributed by atoms with Crippen LogP contribution in [-0.4, -0.2) is 18.7 Å². The van der Waals surface area contributed by atoms with Crippen LogP contribution < -0.4 is 14.8 Å². The van der Waals surface area contributed by atoms with E-state index in [0.29, 0.717) is 22.4 Å². The summed E-state index contributed by atoms with van der Waals surface area (Å²) in [6, 6.07) is 3.72. The van der Waals surface area contributed by atoms with Crippen molar-refractivity contribution >= 4 is 23.6 Å². The van der Waals surface area contributed by atoms with Crippen molar-refractivity contribution < 1.29 is 14.3 Å². The Balaban J connectivity index is 1.91. The first-order valence-corrected chi connectivity index (χ1v) is 7.91. The molecule has 2 rings (SSSR count). The number of nitrogens with one attached hydrogen (secondary N) is 1. The molecule has 5 heteroatoms. The molecular weight excluding hydrogens is 302 g/mol. The van der Waals surface area contributed by atoms with Crippen LogP contribution in [0.5, 0.6) is 11.5 Å². The fraction of sp³-hybridized carbons (Fsp3) is 0.471. The Morgan fingerprint density at radius 1 is 1.32 bits per heavy atom. The van der Waals surface area contributed by atoms with E-state index in [1.165, 1.54) is 6.08 Å². The first-order chi connectivity index (χ1) is 10.5. The topological polar surface area (TPSA) is 47.6 Å². The summed E-state index contributed by atoms with van der Waals surface area (Å²) in [6.45, 7) is 6.55. The third kappa shape index (κ3) is 4.67. The van der Waals surface area contributed by atoms with Gasteiger partial charge in [-0.25, -0.2) is 0 Å². The van der Waals surface area contributed by atoms with Crippen LogP contribution in [0.4, 0.5) is 0 Å². The first-order valence-electron chi connectivity index (χ1n) is 7.53. The van der Waals surface area contributed by atoms with E-state index in [4.69, 9.17) is 21.1 Å². The van der Waals surface area contributed by atoms with Gasteiger partial charge in [-0.05, 0) is 49.5 Å². The Labute approximate surface area is 136 Å². The second-order valence-electron chi connectivity index (χ2n) is 5.95. The highest BCUT2D eigenvalue weighted by Crippen LogP contribution is 2.40. The molecule has 4 nitrogen and oxygen atoms in total. The smallest absolute Gasteiger partial charge is 0.244 e. The van der Waals surface area contributed by atoms with Crippen LogP contribution in [0.2, 0.25) is 5.02 Å². The monoisotopic (exact) mass is 323 g/mol. The summed E-state index contributed by atoms with van der Waals surface area (Å²) in [5.41, 5.74) is 0.805. The molecule has 0 saturated heterocycles. The molecule has 120 valence electrons. The second kappa shape index (κ2) is 7.54. The normalized spacial score (nSPS) is 14.6. The predicted molar refractivity (Wildman–Crippen MR) is 88.3 cm³/mol. The van der Waals surface area contributed by atoms with Gasteiger partial charge in [0, 0.05) is 12.1 Å². The van der Waals surface area contributed by atoms with E-state index in [-0.39, 0.29) is 18.7 Å². The number of ether oxygens (including phenoxy) is 2. The third-order valence-corrected chi connectivity index (χ3v) is 3.72. The second-order valence-corrected chi connectivity index (χ2v) is 6.36. The van der Waals surface area contributed by atoms with Crippen molar-refractivity contribution in [2.75, 3.05) is 6.79 Å². The SMILES string of the molecule is CC(C)CC[C@@H](C)NC(=O)/C=C/c1cc(Cl)c2c(c1)OCO2. The van der Waals surface area contributed by atoms with Crippen molar-refractivity contribution in [2.45, 2.75) is 39.7 Å². The van der Waals surface area contributed by atoms with E-state index in [9.17, 15) is 4.79 Å². The lowest BCUT2D eigenvalue weighted by Gasteiger charge is -2.13. The van der Waals surface area contributed by atoms with Gasteiger partial charge in [-0.15, -0.1) is 0 Å². The van der Waals surface area contributed by atoms with Crippen molar-refractivity contribution in [3.63, 3.8) is 0 Å². The molecule has 0 bridgehead atoms. The first kappa shape index (κ1) is 16.7. The summed E-state index contributed by atoms with van der Waals surface area (Å²) in [5.74, 6) is 1.71. The summed E-state index contributed by atoms with van der Waals surface area (Å²) in [6.07, 6.45) is 5.31. The quantitative estimate of drug-likeness (QED) is 0.804. The minimum atomic E-state index is -0.106. The van der Waals surface area contributed by atoms with Crippen LogP contribution in [0.15, 0.2) is 18.2 Å². The molecule has 1 atom stereocenters. The highest BCUT2D eigenvalue weighted by molar-refractivity contribution is 6.32. The molecule has 0 spiro atoms. The number of benzene rings is 1. The Morgan fingerprint density at radius 2 is 2.09 bits per heavy atom. The van der Waals surface area contributed by atoms with E-state index in [0.717, 1.165) is 18.4 Å². The maximum absolute atomic E-state index is 11.9. The summed E-state index contributed by atoms with van der Waals surface area (Å²) in [7, 11) is 0. The molecule has 1 heterocycles.